The lowest BCUT2D eigenvalue weighted by Crippen LogP contribution is -2.53. The van der Waals surface area contributed by atoms with Gasteiger partial charge in [-0.1, -0.05) is 0 Å². The fourth-order valence-electron chi connectivity index (χ4n) is 4.45. The van der Waals surface area contributed by atoms with E-state index in [1.165, 1.54) is 0 Å². The lowest BCUT2D eigenvalue weighted by Gasteiger charge is -2.40. The normalized spacial score (nSPS) is 34.1. The van der Waals surface area contributed by atoms with Crippen LogP contribution >= 0.6 is 0 Å². The number of carbonyl (C=O) groups excluding carboxylic acids is 1. The maximum atomic E-state index is 13.2. The Kier molecular flexibility index (Phi) is 3.92. The highest BCUT2D eigenvalue weighted by molar-refractivity contribution is 5.86. The van der Waals surface area contributed by atoms with E-state index in [2.05, 4.69) is 5.32 Å². The van der Waals surface area contributed by atoms with E-state index in [0.29, 0.717) is 13.0 Å². The molecule has 2 bridgehead atoms. The molecule has 3 rings (SSSR count). The Balaban J connectivity index is 1.82. The van der Waals surface area contributed by atoms with Gasteiger partial charge in [-0.05, 0) is 45.2 Å². The van der Waals surface area contributed by atoms with Gasteiger partial charge in [0, 0.05) is 19.2 Å². The SMILES string of the molecule is COCC1(C(=O)N2C3CCC2C(C(=O)O)C3)CCNCC1. The van der Waals surface area contributed by atoms with Crippen LogP contribution in [0.3, 0.4) is 0 Å². The number of rotatable bonds is 4. The predicted octanol–water partition coefficient (Wildman–Crippen LogP) is 0.467. The molecule has 118 valence electrons. The molecule has 6 heteroatoms. The average molecular weight is 296 g/mol. The number of carboxylic acids is 1. The molecular formula is C15H24N2O4. The van der Waals surface area contributed by atoms with Crippen molar-refractivity contribution in [1.29, 1.82) is 0 Å². The summed E-state index contributed by atoms with van der Waals surface area (Å²) in [6.45, 7) is 2.07. The first-order valence-electron chi connectivity index (χ1n) is 7.84. The predicted molar refractivity (Wildman–Crippen MR) is 75.8 cm³/mol. The molecule has 0 saturated carbocycles. The van der Waals surface area contributed by atoms with E-state index in [0.717, 1.165) is 38.8 Å². The van der Waals surface area contributed by atoms with E-state index in [1.807, 2.05) is 4.90 Å². The molecule has 3 atom stereocenters. The van der Waals surface area contributed by atoms with Crippen LogP contribution in [-0.4, -0.2) is 60.8 Å². The zero-order valence-electron chi connectivity index (χ0n) is 12.5. The van der Waals surface area contributed by atoms with Gasteiger partial charge in [0.05, 0.1) is 17.9 Å². The number of carboxylic acid groups (broad SMARTS) is 1. The molecule has 3 saturated heterocycles. The summed E-state index contributed by atoms with van der Waals surface area (Å²) < 4.78 is 5.34. The van der Waals surface area contributed by atoms with Crippen LogP contribution in [0.2, 0.25) is 0 Å². The van der Waals surface area contributed by atoms with Gasteiger partial charge in [-0.15, -0.1) is 0 Å². The van der Waals surface area contributed by atoms with Crippen LogP contribution in [0.25, 0.3) is 0 Å². The molecule has 6 nitrogen and oxygen atoms in total. The number of carbonyl (C=O) groups is 2. The van der Waals surface area contributed by atoms with Crippen LogP contribution < -0.4 is 5.32 Å². The zero-order valence-corrected chi connectivity index (χ0v) is 12.5. The number of methoxy groups -OCH3 is 1. The minimum atomic E-state index is -0.758. The Hall–Kier alpha value is -1.14. The van der Waals surface area contributed by atoms with Crippen molar-refractivity contribution in [2.75, 3.05) is 26.8 Å². The molecule has 3 aliphatic heterocycles. The largest absolute Gasteiger partial charge is 0.481 e. The quantitative estimate of drug-likeness (QED) is 0.788. The van der Waals surface area contributed by atoms with Gasteiger partial charge in [-0.2, -0.15) is 0 Å². The van der Waals surface area contributed by atoms with E-state index >= 15 is 0 Å². The molecule has 3 aliphatic rings. The van der Waals surface area contributed by atoms with Gasteiger partial charge in [0.2, 0.25) is 5.91 Å². The first-order chi connectivity index (χ1) is 10.1. The third kappa shape index (κ3) is 2.34. The Bertz CT molecular complexity index is 428. The first kappa shape index (κ1) is 14.8. The molecule has 2 N–H and O–H groups in total. The lowest BCUT2D eigenvalue weighted by atomic mass is 9.78. The van der Waals surface area contributed by atoms with Crippen LogP contribution in [0, 0.1) is 11.3 Å². The summed E-state index contributed by atoms with van der Waals surface area (Å²) in [4.78, 5) is 26.4. The molecule has 0 radical (unpaired) electrons. The molecule has 0 aromatic heterocycles. The number of amides is 1. The molecule has 0 spiro atoms. The molecule has 3 unspecified atom stereocenters. The number of hydrogen-bond donors (Lipinski definition) is 2. The molecule has 0 aromatic rings. The summed E-state index contributed by atoms with van der Waals surface area (Å²) in [6.07, 6.45) is 3.93. The molecule has 1 amide bonds. The fraction of sp³-hybridized carbons (Fsp3) is 0.867. The number of piperidine rings is 1. The summed E-state index contributed by atoms with van der Waals surface area (Å²) in [7, 11) is 1.63. The molecule has 3 fully saturated rings. The third-order valence-corrected chi connectivity index (χ3v) is 5.52. The van der Waals surface area contributed by atoms with Gasteiger partial charge in [-0.3, -0.25) is 9.59 Å². The van der Waals surface area contributed by atoms with Crippen molar-refractivity contribution < 1.29 is 19.4 Å². The van der Waals surface area contributed by atoms with Crippen molar-refractivity contribution in [2.24, 2.45) is 11.3 Å². The second-order valence-electron chi connectivity index (χ2n) is 6.65. The highest BCUT2D eigenvalue weighted by Gasteiger charge is 2.55. The van der Waals surface area contributed by atoms with Crippen LogP contribution in [-0.2, 0) is 14.3 Å². The van der Waals surface area contributed by atoms with E-state index in [-0.39, 0.29) is 23.9 Å². The Morgan fingerprint density at radius 3 is 2.62 bits per heavy atom. The lowest BCUT2D eigenvalue weighted by molar-refractivity contribution is -0.150. The molecule has 0 aliphatic carbocycles. The highest BCUT2D eigenvalue weighted by Crippen LogP contribution is 2.45. The maximum Gasteiger partial charge on any atom is 0.308 e. The van der Waals surface area contributed by atoms with Gasteiger partial charge in [0.25, 0.3) is 0 Å². The maximum absolute atomic E-state index is 13.2. The number of nitrogens with zero attached hydrogens (tertiary/aromatic N) is 1. The fourth-order valence-corrected chi connectivity index (χ4v) is 4.45. The van der Waals surface area contributed by atoms with Crippen LogP contribution in [0.5, 0.6) is 0 Å². The van der Waals surface area contributed by atoms with Gasteiger partial charge in [0.15, 0.2) is 0 Å². The number of fused-ring (bicyclic) bond motifs is 2. The standard InChI is InChI=1S/C15H24N2O4/c1-21-9-15(4-6-16-7-5-15)14(20)17-10-2-3-12(17)11(8-10)13(18)19/h10-12,16H,2-9H2,1H3,(H,18,19). The highest BCUT2D eigenvalue weighted by atomic mass is 16.5. The van der Waals surface area contributed by atoms with Crippen molar-refractivity contribution in [2.45, 2.75) is 44.2 Å². The Morgan fingerprint density at radius 1 is 1.33 bits per heavy atom. The van der Waals surface area contributed by atoms with Gasteiger partial charge in [0.1, 0.15) is 0 Å². The number of ether oxygens (including phenoxy) is 1. The summed E-state index contributed by atoms with van der Waals surface area (Å²) in [5.74, 6) is -1.01. The van der Waals surface area contributed by atoms with Crippen LogP contribution in [0.4, 0.5) is 0 Å². The van der Waals surface area contributed by atoms with Crippen molar-refractivity contribution in [1.82, 2.24) is 10.2 Å². The van der Waals surface area contributed by atoms with Crippen molar-refractivity contribution in [3.63, 3.8) is 0 Å². The minimum Gasteiger partial charge on any atom is -0.481 e. The van der Waals surface area contributed by atoms with Gasteiger partial charge < -0.3 is 20.1 Å². The van der Waals surface area contributed by atoms with E-state index in [4.69, 9.17) is 4.74 Å². The molecule has 3 heterocycles. The number of aliphatic carboxylic acids is 1. The van der Waals surface area contributed by atoms with E-state index in [9.17, 15) is 14.7 Å². The molecule has 21 heavy (non-hydrogen) atoms. The molecule has 0 aromatic carbocycles. The van der Waals surface area contributed by atoms with Crippen LogP contribution in [0.1, 0.15) is 32.1 Å². The first-order valence-corrected chi connectivity index (χ1v) is 7.84. The Morgan fingerprint density at radius 2 is 2.05 bits per heavy atom. The molecular weight excluding hydrogens is 272 g/mol. The summed E-state index contributed by atoms with van der Waals surface area (Å²) in [5, 5.41) is 12.6. The second-order valence-corrected chi connectivity index (χ2v) is 6.65. The average Bonchev–Trinajstić information content (AvgIpc) is 3.05. The summed E-state index contributed by atoms with van der Waals surface area (Å²) >= 11 is 0. The Labute approximate surface area is 124 Å². The minimum absolute atomic E-state index is 0.108. The topological polar surface area (TPSA) is 78.9 Å². The van der Waals surface area contributed by atoms with E-state index < -0.39 is 11.4 Å². The second kappa shape index (κ2) is 5.57. The van der Waals surface area contributed by atoms with Gasteiger partial charge >= 0.3 is 5.97 Å². The van der Waals surface area contributed by atoms with Crippen LogP contribution in [0.15, 0.2) is 0 Å². The smallest absolute Gasteiger partial charge is 0.308 e. The van der Waals surface area contributed by atoms with Crippen molar-refractivity contribution in [3.8, 4) is 0 Å². The number of nitrogens with one attached hydrogen (secondary N) is 1. The number of hydrogen-bond acceptors (Lipinski definition) is 4. The monoisotopic (exact) mass is 296 g/mol. The summed E-state index contributed by atoms with van der Waals surface area (Å²) in [5.41, 5.74) is -0.464. The third-order valence-electron chi connectivity index (χ3n) is 5.52. The van der Waals surface area contributed by atoms with Crippen molar-refractivity contribution >= 4 is 11.9 Å². The van der Waals surface area contributed by atoms with E-state index in [1.54, 1.807) is 7.11 Å². The van der Waals surface area contributed by atoms with Gasteiger partial charge in [-0.25, -0.2) is 0 Å². The zero-order chi connectivity index (χ0) is 15.0. The van der Waals surface area contributed by atoms with Crippen molar-refractivity contribution in [3.05, 3.63) is 0 Å². The summed E-state index contributed by atoms with van der Waals surface area (Å²) in [6, 6.07) is 0.0100.